The van der Waals surface area contributed by atoms with E-state index in [-0.39, 0.29) is 12.4 Å². The maximum atomic E-state index is 13.5. The number of rotatable bonds is 3. The van der Waals surface area contributed by atoms with Crippen LogP contribution in [-0.4, -0.2) is 43.3 Å². The second kappa shape index (κ2) is 4.77. The number of halogens is 2. The molecule has 14 heavy (non-hydrogen) atoms. The molecule has 1 heterocycles. The largest absolute Gasteiger partial charge is 0.316 e. The van der Waals surface area contributed by atoms with Crippen molar-refractivity contribution in [3.05, 3.63) is 0 Å². The van der Waals surface area contributed by atoms with Gasteiger partial charge in [0.05, 0.1) is 0 Å². The molecule has 0 spiro atoms. The lowest BCUT2D eigenvalue weighted by Crippen LogP contribution is -2.46. The summed E-state index contributed by atoms with van der Waals surface area (Å²) in [6.45, 7) is 2.79. The zero-order valence-corrected chi connectivity index (χ0v) is 9.58. The van der Waals surface area contributed by atoms with Gasteiger partial charge in [-0.25, -0.2) is 4.39 Å². The zero-order valence-electron chi connectivity index (χ0n) is 8.76. The molecule has 1 aliphatic carbocycles. The first kappa shape index (κ1) is 12.2. The molecular formula is C10H20ClFN2. The normalized spacial score (nSPS) is 30.9. The Balaban J connectivity index is 0.000000980. The minimum Gasteiger partial charge on any atom is -0.316 e. The molecule has 0 aromatic rings. The third-order valence-electron chi connectivity index (χ3n) is 3.21. The summed E-state index contributed by atoms with van der Waals surface area (Å²) in [5, 5.41) is 3.28. The molecule has 0 radical (unpaired) electrons. The molecule has 1 saturated heterocycles. The van der Waals surface area contributed by atoms with Gasteiger partial charge >= 0.3 is 0 Å². The highest BCUT2D eigenvalue weighted by molar-refractivity contribution is 5.85. The summed E-state index contributed by atoms with van der Waals surface area (Å²) >= 11 is 0. The number of hydrogen-bond acceptors (Lipinski definition) is 2. The van der Waals surface area contributed by atoms with E-state index in [9.17, 15) is 4.39 Å². The predicted molar refractivity (Wildman–Crippen MR) is 58.8 cm³/mol. The molecule has 0 bridgehead atoms. The van der Waals surface area contributed by atoms with Crippen molar-refractivity contribution in [3.63, 3.8) is 0 Å². The molecule has 2 aliphatic rings. The molecule has 0 amide bonds. The van der Waals surface area contributed by atoms with Crippen LogP contribution in [0.3, 0.4) is 0 Å². The standard InChI is InChI=1S/C10H19FN2.ClH/c1-12-9-3-2-6-13(7-9)8-10(11)4-5-10;/h9,12H,2-8H2,1H3;1H. The molecule has 1 atom stereocenters. The highest BCUT2D eigenvalue weighted by atomic mass is 35.5. The Morgan fingerprint density at radius 2 is 2.21 bits per heavy atom. The van der Waals surface area contributed by atoms with Crippen LogP contribution >= 0.6 is 12.4 Å². The van der Waals surface area contributed by atoms with E-state index in [2.05, 4.69) is 10.2 Å². The molecule has 4 heteroatoms. The van der Waals surface area contributed by atoms with Crippen LogP contribution in [0.5, 0.6) is 0 Å². The van der Waals surface area contributed by atoms with E-state index in [0.717, 1.165) is 25.9 Å². The summed E-state index contributed by atoms with van der Waals surface area (Å²) in [4.78, 5) is 2.28. The Morgan fingerprint density at radius 1 is 1.50 bits per heavy atom. The molecule has 1 aliphatic heterocycles. The number of likely N-dealkylation sites (tertiary alicyclic amines) is 1. The minimum atomic E-state index is -0.810. The molecule has 2 fully saturated rings. The Hall–Kier alpha value is 0.140. The number of alkyl halides is 1. The van der Waals surface area contributed by atoms with Gasteiger partial charge in [0, 0.05) is 19.1 Å². The van der Waals surface area contributed by atoms with Crippen molar-refractivity contribution in [2.24, 2.45) is 0 Å². The Labute approximate surface area is 91.6 Å². The quantitative estimate of drug-likeness (QED) is 0.781. The monoisotopic (exact) mass is 222 g/mol. The van der Waals surface area contributed by atoms with Gasteiger partial charge in [0.2, 0.25) is 0 Å². The van der Waals surface area contributed by atoms with Crippen molar-refractivity contribution in [3.8, 4) is 0 Å². The van der Waals surface area contributed by atoms with Crippen LogP contribution in [-0.2, 0) is 0 Å². The first-order chi connectivity index (χ1) is 6.22. The first-order valence-electron chi connectivity index (χ1n) is 5.30. The van der Waals surface area contributed by atoms with Crippen LogP contribution in [0.2, 0.25) is 0 Å². The number of nitrogens with zero attached hydrogens (tertiary/aromatic N) is 1. The van der Waals surface area contributed by atoms with Gasteiger partial charge in [0.1, 0.15) is 5.67 Å². The lowest BCUT2D eigenvalue weighted by atomic mass is 10.1. The Morgan fingerprint density at radius 3 is 2.79 bits per heavy atom. The summed E-state index contributed by atoms with van der Waals surface area (Å²) < 4.78 is 13.5. The van der Waals surface area contributed by atoms with Crippen molar-refractivity contribution < 1.29 is 4.39 Å². The maximum absolute atomic E-state index is 13.5. The van der Waals surface area contributed by atoms with Crippen molar-refractivity contribution in [2.45, 2.75) is 37.4 Å². The smallest absolute Gasteiger partial charge is 0.123 e. The summed E-state index contributed by atoms with van der Waals surface area (Å²) in [5.74, 6) is 0. The third kappa shape index (κ3) is 3.07. The van der Waals surface area contributed by atoms with Gasteiger partial charge in [-0.2, -0.15) is 0 Å². The van der Waals surface area contributed by atoms with Gasteiger partial charge in [0.15, 0.2) is 0 Å². The van der Waals surface area contributed by atoms with E-state index in [0.29, 0.717) is 12.6 Å². The first-order valence-corrected chi connectivity index (χ1v) is 5.30. The van der Waals surface area contributed by atoms with Crippen LogP contribution in [0.25, 0.3) is 0 Å². The van der Waals surface area contributed by atoms with Crippen LogP contribution < -0.4 is 5.32 Å². The van der Waals surface area contributed by atoms with Crippen molar-refractivity contribution in [2.75, 3.05) is 26.7 Å². The molecule has 2 rings (SSSR count). The van der Waals surface area contributed by atoms with E-state index in [1.165, 1.54) is 12.8 Å². The van der Waals surface area contributed by atoms with E-state index in [1.807, 2.05) is 7.05 Å². The van der Waals surface area contributed by atoms with Crippen LogP contribution in [0.1, 0.15) is 25.7 Å². The maximum Gasteiger partial charge on any atom is 0.123 e. The minimum absolute atomic E-state index is 0. The van der Waals surface area contributed by atoms with Gasteiger partial charge < -0.3 is 5.32 Å². The average Bonchev–Trinajstić information content (AvgIpc) is 2.84. The fraction of sp³-hybridized carbons (Fsp3) is 1.00. The fourth-order valence-electron chi connectivity index (χ4n) is 2.13. The second-order valence-electron chi connectivity index (χ2n) is 4.51. The fourth-order valence-corrected chi connectivity index (χ4v) is 2.13. The summed E-state index contributed by atoms with van der Waals surface area (Å²) in [7, 11) is 2.00. The number of hydrogen-bond donors (Lipinski definition) is 1. The van der Waals surface area contributed by atoms with Gasteiger partial charge in [-0.15, -0.1) is 12.4 Å². The molecule has 1 N–H and O–H groups in total. The molecule has 0 aromatic carbocycles. The van der Waals surface area contributed by atoms with E-state index in [1.54, 1.807) is 0 Å². The van der Waals surface area contributed by atoms with Gasteiger partial charge in [0.25, 0.3) is 0 Å². The van der Waals surface area contributed by atoms with Crippen LogP contribution in [0.4, 0.5) is 4.39 Å². The van der Waals surface area contributed by atoms with Crippen LogP contribution in [0.15, 0.2) is 0 Å². The molecule has 1 unspecified atom stereocenters. The van der Waals surface area contributed by atoms with Gasteiger partial charge in [-0.3, -0.25) is 4.90 Å². The highest BCUT2D eigenvalue weighted by Crippen LogP contribution is 2.40. The molecule has 2 nitrogen and oxygen atoms in total. The second-order valence-corrected chi connectivity index (χ2v) is 4.51. The Kier molecular flexibility index (Phi) is 4.16. The lowest BCUT2D eigenvalue weighted by molar-refractivity contribution is 0.136. The van der Waals surface area contributed by atoms with Crippen molar-refractivity contribution in [1.29, 1.82) is 0 Å². The average molecular weight is 223 g/mol. The molecule has 0 aromatic heterocycles. The molecule has 1 saturated carbocycles. The van der Waals surface area contributed by atoms with E-state index >= 15 is 0 Å². The number of likely N-dealkylation sites (N-methyl/N-ethyl adjacent to an activating group) is 1. The van der Waals surface area contributed by atoms with Crippen LogP contribution in [0, 0.1) is 0 Å². The van der Waals surface area contributed by atoms with E-state index < -0.39 is 5.67 Å². The summed E-state index contributed by atoms with van der Waals surface area (Å²) in [5.41, 5.74) is -0.810. The van der Waals surface area contributed by atoms with Gasteiger partial charge in [-0.1, -0.05) is 0 Å². The summed E-state index contributed by atoms with van der Waals surface area (Å²) in [6, 6.07) is 0.580. The summed E-state index contributed by atoms with van der Waals surface area (Å²) in [6.07, 6.45) is 4.02. The molecular weight excluding hydrogens is 203 g/mol. The van der Waals surface area contributed by atoms with E-state index in [4.69, 9.17) is 0 Å². The number of nitrogens with one attached hydrogen (secondary N) is 1. The zero-order chi connectivity index (χ0) is 9.31. The predicted octanol–water partition coefficient (Wildman–Crippen LogP) is 1.59. The SMILES string of the molecule is CNC1CCCN(CC2(F)CC2)C1.Cl. The van der Waals surface area contributed by atoms with Gasteiger partial charge in [-0.05, 0) is 39.3 Å². The topological polar surface area (TPSA) is 15.3 Å². The highest BCUT2D eigenvalue weighted by Gasteiger charge is 2.44. The van der Waals surface area contributed by atoms with Crippen molar-refractivity contribution in [1.82, 2.24) is 10.2 Å². The Bertz CT molecular complexity index is 185. The lowest BCUT2D eigenvalue weighted by Gasteiger charge is -2.33. The van der Waals surface area contributed by atoms with Crippen molar-refractivity contribution >= 4 is 12.4 Å². The number of piperidine rings is 1. The molecule has 84 valence electrons. The third-order valence-corrected chi connectivity index (χ3v) is 3.21.